The van der Waals surface area contributed by atoms with Crippen molar-refractivity contribution in [1.29, 1.82) is 0 Å². The van der Waals surface area contributed by atoms with Crippen molar-refractivity contribution in [3.05, 3.63) is 60.4 Å². The zero-order chi connectivity index (χ0) is 12.8. The van der Waals surface area contributed by atoms with Crippen LogP contribution in [0.5, 0.6) is 0 Å². The van der Waals surface area contributed by atoms with Gasteiger partial charge < -0.3 is 5.32 Å². The highest BCUT2D eigenvalue weighted by Gasteiger charge is 1.98. The first-order valence-corrected chi connectivity index (χ1v) is 5.78. The number of rotatable bonds is 4. The lowest BCUT2D eigenvalue weighted by Crippen LogP contribution is -2.07. The topological polar surface area (TPSA) is 46.9 Å². The smallest absolute Gasteiger partial charge is 0.248 e. The molecule has 0 fully saturated rings. The number of hydrogen-bond donors (Lipinski definition) is 1. The number of carbonyl (C=O) groups excluding carboxylic acids is 1. The minimum absolute atomic E-state index is 0.114. The summed E-state index contributed by atoms with van der Waals surface area (Å²) in [5, 5.41) is 6.93. The van der Waals surface area contributed by atoms with Crippen molar-refractivity contribution in [3.63, 3.8) is 0 Å². The lowest BCUT2D eigenvalue weighted by atomic mass is 10.2. The van der Waals surface area contributed by atoms with Gasteiger partial charge in [-0.05, 0) is 36.8 Å². The van der Waals surface area contributed by atoms with Gasteiger partial charge in [0.25, 0.3) is 0 Å². The molecule has 1 aromatic heterocycles. The van der Waals surface area contributed by atoms with Crippen molar-refractivity contribution in [1.82, 2.24) is 9.78 Å². The van der Waals surface area contributed by atoms with E-state index in [2.05, 4.69) is 10.4 Å². The molecule has 0 saturated carbocycles. The van der Waals surface area contributed by atoms with Crippen LogP contribution in [0, 0.1) is 0 Å². The SMILES string of the molecule is CC=CC(=O)Nc1ccc(Cn2cccn2)cc1. The summed E-state index contributed by atoms with van der Waals surface area (Å²) in [6.07, 6.45) is 6.88. The third kappa shape index (κ3) is 3.31. The van der Waals surface area contributed by atoms with Crippen LogP contribution in [-0.2, 0) is 11.3 Å². The lowest BCUT2D eigenvalue weighted by Gasteiger charge is -2.05. The lowest BCUT2D eigenvalue weighted by molar-refractivity contribution is -0.111. The Bertz CT molecular complexity index is 527. The standard InChI is InChI=1S/C14H15N3O/c1-2-4-14(18)16-13-7-5-12(6-8-13)11-17-10-3-9-15-17/h2-10H,11H2,1H3,(H,16,18). The van der Waals surface area contributed by atoms with Crippen LogP contribution in [0.4, 0.5) is 5.69 Å². The van der Waals surface area contributed by atoms with Crippen molar-refractivity contribution in [2.45, 2.75) is 13.5 Å². The van der Waals surface area contributed by atoms with Gasteiger partial charge in [0.2, 0.25) is 5.91 Å². The van der Waals surface area contributed by atoms with Crippen LogP contribution in [-0.4, -0.2) is 15.7 Å². The fourth-order valence-electron chi connectivity index (χ4n) is 1.61. The third-order valence-corrected chi connectivity index (χ3v) is 2.44. The van der Waals surface area contributed by atoms with Crippen LogP contribution >= 0.6 is 0 Å². The van der Waals surface area contributed by atoms with Crippen LogP contribution in [0.2, 0.25) is 0 Å². The molecular weight excluding hydrogens is 226 g/mol. The van der Waals surface area contributed by atoms with Gasteiger partial charge in [-0.3, -0.25) is 9.48 Å². The van der Waals surface area contributed by atoms with Crippen molar-refractivity contribution in [3.8, 4) is 0 Å². The summed E-state index contributed by atoms with van der Waals surface area (Å²) in [5.41, 5.74) is 1.94. The predicted molar refractivity (Wildman–Crippen MR) is 71.2 cm³/mol. The van der Waals surface area contributed by atoms with E-state index in [1.54, 1.807) is 12.3 Å². The average molecular weight is 241 g/mol. The Morgan fingerprint density at radius 3 is 2.78 bits per heavy atom. The molecule has 1 heterocycles. The number of anilines is 1. The highest BCUT2D eigenvalue weighted by molar-refractivity contribution is 5.99. The van der Waals surface area contributed by atoms with Crippen LogP contribution in [0.1, 0.15) is 12.5 Å². The Hall–Kier alpha value is -2.36. The van der Waals surface area contributed by atoms with E-state index < -0.39 is 0 Å². The van der Waals surface area contributed by atoms with Gasteiger partial charge in [-0.1, -0.05) is 18.2 Å². The Kier molecular flexibility index (Phi) is 3.91. The fraction of sp³-hybridized carbons (Fsp3) is 0.143. The number of allylic oxidation sites excluding steroid dienone is 1. The largest absolute Gasteiger partial charge is 0.323 e. The van der Waals surface area contributed by atoms with Crippen LogP contribution in [0.3, 0.4) is 0 Å². The minimum atomic E-state index is -0.114. The van der Waals surface area contributed by atoms with E-state index in [-0.39, 0.29) is 5.91 Å². The predicted octanol–water partition coefficient (Wildman–Crippen LogP) is 2.45. The molecule has 2 aromatic rings. The molecule has 92 valence electrons. The Morgan fingerprint density at radius 1 is 1.39 bits per heavy atom. The molecule has 0 bridgehead atoms. The molecule has 0 aliphatic heterocycles. The summed E-state index contributed by atoms with van der Waals surface area (Å²) in [5.74, 6) is -0.114. The normalized spacial score (nSPS) is 10.7. The molecule has 18 heavy (non-hydrogen) atoms. The third-order valence-electron chi connectivity index (χ3n) is 2.44. The first kappa shape index (κ1) is 12.1. The average Bonchev–Trinajstić information content (AvgIpc) is 2.85. The van der Waals surface area contributed by atoms with Gasteiger partial charge in [-0.15, -0.1) is 0 Å². The van der Waals surface area contributed by atoms with E-state index in [9.17, 15) is 4.79 Å². The summed E-state index contributed by atoms with van der Waals surface area (Å²) >= 11 is 0. The zero-order valence-corrected chi connectivity index (χ0v) is 10.2. The Balaban J connectivity index is 1.99. The van der Waals surface area contributed by atoms with Gasteiger partial charge in [0, 0.05) is 18.1 Å². The zero-order valence-electron chi connectivity index (χ0n) is 10.2. The molecule has 2 rings (SSSR count). The maximum absolute atomic E-state index is 11.3. The Labute approximate surface area is 106 Å². The quantitative estimate of drug-likeness (QED) is 0.836. The van der Waals surface area contributed by atoms with E-state index in [1.807, 2.05) is 48.1 Å². The molecule has 4 nitrogen and oxygen atoms in total. The molecule has 0 aliphatic rings. The van der Waals surface area contributed by atoms with Gasteiger partial charge in [0.05, 0.1) is 6.54 Å². The number of nitrogens with one attached hydrogen (secondary N) is 1. The van der Waals surface area contributed by atoms with Crippen molar-refractivity contribution in [2.24, 2.45) is 0 Å². The van der Waals surface area contributed by atoms with E-state index >= 15 is 0 Å². The summed E-state index contributed by atoms with van der Waals surface area (Å²) in [6.45, 7) is 2.54. The molecule has 0 radical (unpaired) electrons. The summed E-state index contributed by atoms with van der Waals surface area (Å²) in [6, 6.07) is 9.63. The highest BCUT2D eigenvalue weighted by Crippen LogP contribution is 2.10. The molecule has 1 amide bonds. The van der Waals surface area contributed by atoms with Crippen molar-refractivity contribution in [2.75, 3.05) is 5.32 Å². The molecule has 0 atom stereocenters. The molecular formula is C14H15N3O. The minimum Gasteiger partial charge on any atom is -0.323 e. The molecule has 0 spiro atoms. The van der Waals surface area contributed by atoms with Gasteiger partial charge >= 0.3 is 0 Å². The van der Waals surface area contributed by atoms with Gasteiger partial charge in [-0.25, -0.2) is 0 Å². The molecule has 4 heteroatoms. The summed E-state index contributed by atoms with van der Waals surface area (Å²) in [7, 11) is 0. The summed E-state index contributed by atoms with van der Waals surface area (Å²) < 4.78 is 1.85. The molecule has 0 aliphatic carbocycles. The second kappa shape index (κ2) is 5.82. The fourth-order valence-corrected chi connectivity index (χ4v) is 1.61. The number of amides is 1. The Morgan fingerprint density at radius 2 is 2.17 bits per heavy atom. The molecule has 1 aromatic carbocycles. The molecule has 0 saturated heterocycles. The maximum Gasteiger partial charge on any atom is 0.248 e. The first-order valence-electron chi connectivity index (χ1n) is 5.78. The second-order valence-corrected chi connectivity index (χ2v) is 3.89. The van der Waals surface area contributed by atoms with Gasteiger partial charge in [0.1, 0.15) is 0 Å². The number of benzene rings is 1. The number of hydrogen-bond acceptors (Lipinski definition) is 2. The number of nitrogens with zero attached hydrogens (tertiary/aromatic N) is 2. The summed E-state index contributed by atoms with van der Waals surface area (Å²) in [4.78, 5) is 11.3. The van der Waals surface area contributed by atoms with Crippen LogP contribution in [0.15, 0.2) is 54.9 Å². The van der Waals surface area contributed by atoms with E-state index in [0.29, 0.717) is 0 Å². The van der Waals surface area contributed by atoms with Gasteiger partial charge in [-0.2, -0.15) is 5.10 Å². The van der Waals surface area contributed by atoms with Crippen molar-refractivity contribution < 1.29 is 4.79 Å². The first-order chi connectivity index (χ1) is 8.78. The van der Waals surface area contributed by atoms with E-state index in [1.165, 1.54) is 6.08 Å². The number of carbonyl (C=O) groups is 1. The monoisotopic (exact) mass is 241 g/mol. The van der Waals surface area contributed by atoms with Crippen molar-refractivity contribution >= 4 is 11.6 Å². The maximum atomic E-state index is 11.3. The van der Waals surface area contributed by atoms with Crippen LogP contribution < -0.4 is 5.32 Å². The highest BCUT2D eigenvalue weighted by atomic mass is 16.1. The van der Waals surface area contributed by atoms with E-state index in [4.69, 9.17) is 0 Å². The van der Waals surface area contributed by atoms with Gasteiger partial charge in [0.15, 0.2) is 0 Å². The number of aromatic nitrogens is 2. The second-order valence-electron chi connectivity index (χ2n) is 3.89. The van der Waals surface area contributed by atoms with E-state index in [0.717, 1.165) is 17.8 Å². The molecule has 0 unspecified atom stereocenters. The van der Waals surface area contributed by atoms with Crippen LogP contribution in [0.25, 0.3) is 0 Å². The molecule has 1 N–H and O–H groups in total.